The van der Waals surface area contributed by atoms with Crippen molar-refractivity contribution in [2.75, 3.05) is 4.72 Å². The Bertz CT molecular complexity index is 900. The largest absolute Gasteiger partial charge is 0.279 e. The van der Waals surface area contributed by atoms with Gasteiger partial charge in [-0.1, -0.05) is 15.9 Å². The summed E-state index contributed by atoms with van der Waals surface area (Å²) in [5.74, 6) is -1.05. The van der Waals surface area contributed by atoms with E-state index in [1.165, 1.54) is 13.0 Å². The molecule has 0 amide bonds. The minimum atomic E-state index is -4.30. The number of hydrogen-bond acceptors (Lipinski definition) is 4. The maximum Gasteiger partial charge on any atom is 0.273 e. The van der Waals surface area contributed by atoms with Gasteiger partial charge in [-0.2, -0.15) is 0 Å². The second kappa shape index (κ2) is 6.25. The Morgan fingerprint density at radius 3 is 2.39 bits per heavy atom. The molecule has 0 radical (unpaired) electrons. The highest BCUT2D eigenvalue weighted by Crippen LogP contribution is 2.28. The van der Waals surface area contributed by atoms with E-state index in [1.54, 1.807) is 19.1 Å². The van der Waals surface area contributed by atoms with Crippen LogP contribution in [0.3, 0.4) is 0 Å². The molecule has 0 aromatic heterocycles. The van der Waals surface area contributed by atoms with Crippen LogP contribution in [-0.2, 0) is 10.0 Å². The maximum atomic E-state index is 14.0. The smallest absolute Gasteiger partial charge is 0.273 e. The first kappa shape index (κ1) is 17.4. The Balaban J connectivity index is 2.51. The zero-order chi connectivity index (χ0) is 17.4. The lowest BCUT2D eigenvalue weighted by molar-refractivity contribution is -0.385. The molecule has 0 aliphatic rings. The third-order valence-corrected chi connectivity index (χ3v) is 5.04. The SMILES string of the molecule is Cc1cc(Br)ccc1NS(=O)(=O)c1cc([N+](=O)[O-])c(C)cc1F. The standard InChI is InChI=1S/C14H12BrFN2O4S/c1-8-5-10(15)3-4-12(8)17-23(21,22)14-7-13(18(19)20)9(2)6-11(14)16/h3-7,17H,1-2H3. The lowest BCUT2D eigenvalue weighted by Gasteiger charge is -2.12. The van der Waals surface area contributed by atoms with Gasteiger partial charge in [0.15, 0.2) is 0 Å². The number of nitrogens with zero attached hydrogens (tertiary/aromatic N) is 1. The highest BCUT2D eigenvalue weighted by atomic mass is 79.9. The van der Waals surface area contributed by atoms with Gasteiger partial charge in [-0.3, -0.25) is 14.8 Å². The maximum absolute atomic E-state index is 14.0. The van der Waals surface area contributed by atoms with E-state index in [-0.39, 0.29) is 11.3 Å². The van der Waals surface area contributed by atoms with E-state index in [2.05, 4.69) is 20.7 Å². The van der Waals surface area contributed by atoms with Gasteiger partial charge >= 0.3 is 0 Å². The molecular formula is C14H12BrFN2O4S. The predicted molar refractivity (Wildman–Crippen MR) is 87.5 cm³/mol. The van der Waals surface area contributed by atoms with Crippen LogP contribution in [-0.4, -0.2) is 13.3 Å². The Labute approximate surface area is 140 Å². The van der Waals surface area contributed by atoms with Crippen LogP contribution in [0.5, 0.6) is 0 Å². The topological polar surface area (TPSA) is 89.3 Å². The van der Waals surface area contributed by atoms with Crippen molar-refractivity contribution in [2.45, 2.75) is 18.7 Å². The highest BCUT2D eigenvalue weighted by molar-refractivity contribution is 9.10. The van der Waals surface area contributed by atoms with Gasteiger partial charge in [0.1, 0.15) is 10.7 Å². The molecule has 2 rings (SSSR count). The van der Waals surface area contributed by atoms with Crippen LogP contribution in [0.1, 0.15) is 11.1 Å². The molecule has 6 nitrogen and oxygen atoms in total. The van der Waals surface area contributed by atoms with Gasteiger partial charge < -0.3 is 0 Å². The number of nitro benzene ring substituents is 1. The van der Waals surface area contributed by atoms with E-state index in [4.69, 9.17) is 0 Å². The number of nitrogens with one attached hydrogen (secondary N) is 1. The van der Waals surface area contributed by atoms with E-state index < -0.39 is 31.3 Å². The van der Waals surface area contributed by atoms with Gasteiger partial charge in [0.2, 0.25) is 0 Å². The summed E-state index contributed by atoms with van der Waals surface area (Å²) in [6.45, 7) is 3.01. The Hall–Kier alpha value is -2.00. The summed E-state index contributed by atoms with van der Waals surface area (Å²) < 4.78 is 41.7. The minimum absolute atomic E-state index is 0.0475. The van der Waals surface area contributed by atoms with E-state index >= 15 is 0 Å². The average molecular weight is 403 g/mol. The van der Waals surface area contributed by atoms with Crippen LogP contribution in [0, 0.1) is 29.8 Å². The summed E-state index contributed by atoms with van der Waals surface area (Å²) in [5.41, 5.74) is 0.464. The molecule has 0 spiro atoms. The number of rotatable bonds is 4. The number of nitro groups is 1. The summed E-state index contributed by atoms with van der Waals surface area (Å²) in [7, 11) is -4.30. The van der Waals surface area contributed by atoms with Crippen molar-refractivity contribution in [1.82, 2.24) is 0 Å². The molecule has 2 aromatic rings. The number of hydrogen-bond donors (Lipinski definition) is 1. The molecule has 2 aromatic carbocycles. The van der Waals surface area contributed by atoms with Gasteiger partial charge in [-0.05, 0) is 43.7 Å². The van der Waals surface area contributed by atoms with E-state index in [9.17, 15) is 22.9 Å². The van der Waals surface area contributed by atoms with Gasteiger partial charge in [0.25, 0.3) is 15.7 Å². The van der Waals surface area contributed by atoms with Crippen molar-refractivity contribution < 1.29 is 17.7 Å². The van der Waals surface area contributed by atoms with Crippen molar-refractivity contribution in [2.24, 2.45) is 0 Å². The van der Waals surface area contributed by atoms with E-state index in [1.807, 2.05) is 0 Å². The van der Waals surface area contributed by atoms with Gasteiger partial charge in [-0.15, -0.1) is 0 Å². The Morgan fingerprint density at radius 1 is 1.17 bits per heavy atom. The van der Waals surface area contributed by atoms with Crippen LogP contribution >= 0.6 is 15.9 Å². The number of halogens is 2. The van der Waals surface area contributed by atoms with E-state index in [0.717, 1.165) is 16.6 Å². The Kier molecular flexibility index (Phi) is 4.71. The molecule has 122 valence electrons. The predicted octanol–water partition coefficient (Wildman–Crippen LogP) is 3.91. The van der Waals surface area contributed by atoms with Crippen LogP contribution in [0.25, 0.3) is 0 Å². The zero-order valence-electron chi connectivity index (χ0n) is 12.1. The average Bonchev–Trinajstić information content (AvgIpc) is 2.41. The normalized spacial score (nSPS) is 11.3. The fourth-order valence-corrected chi connectivity index (χ4v) is 3.67. The number of sulfonamides is 1. The molecule has 1 N–H and O–H groups in total. The van der Waals surface area contributed by atoms with Crippen molar-refractivity contribution in [3.8, 4) is 0 Å². The van der Waals surface area contributed by atoms with Crippen molar-refractivity contribution in [3.63, 3.8) is 0 Å². The summed E-state index contributed by atoms with van der Waals surface area (Å²) in [4.78, 5) is 9.41. The first-order valence-electron chi connectivity index (χ1n) is 6.35. The fraction of sp³-hybridized carbons (Fsp3) is 0.143. The van der Waals surface area contributed by atoms with Gasteiger partial charge in [-0.25, -0.2) is 12.8 Å². The van der Waals surface area contributed by atoms with Gasteiger partial charge in [0, 0.05) is 16.1 Å². The molecular weight excluding hydrogens is 391 g/mol. The summed E-state index contributed by atoms with van der Waals surface area (Å²) >= 11 is 3.25. The summed E-state index contributed by atoms with van der Waals surface area (Å²) in [5, 5.41) is 10.9. The van der Waals surface area contributed by atoms with Crippen molar-refractivity contribution in [1.29, 1.82) is 0 Å². The molecule has 23 heavy (non-hydrogen) atoms. The van der Waals surface area contributed by atoms with Crippen molar-refractivity contribution in [3.05, 3.63) is 61.9 Å². The molecule has 0 heterocycles. The molecule has 0 saturated heterocycles. The quantitative estimate of drug-likeness (QED) is 0.619. The second-order valence-electron chi connectivity index (χ2n) is 4.89. The molecule has 0 aliphatic carbocycles. The zero-order valence-corrected chi connectivity index (χ0v) is 14.5. The lowest BCUT2D eigenvalue weighted by Crippen LogP contribution is -2.16. The Morgan fingerprint density at radius 2 is 1.83 bits per heavy atom. The molecule has 0 unspecified atom stereocenters. The number of aryl methyl sites for hydroxylation is 2. The molecule has 0 saturated carbocycles. The number of benzene rings is 2. The minimum Gasteiger partial charge on any atom is -0.279 e. The third-order valence-electron chi connectivity index (χ3n) is 3.17. The first-order valence-corrected chi connectivity index (χ1v) is 8.63. The summed E-state index contributed by atoms with van der Waals surface area (Å²) in [6, 6.07) is 6.38. The van der Waals surface area contributed by atoms with Crippen LogP contribution < -0.4 is 4.72 Å². The monoisotopic (exact) mass is 402 g/mol. The fourth-order valence-electron chi connectivity index (χ4n) is 1.99. The molecule has 0 bridgehead atoms. The molecule has 9 heteroatoms. The van der Waals surface area contributed by atoms with Crippen LogP contribution in [0.4, 0.5) is 15.8 Å². The van der Waals surface area contributed by atoms with Crippen LogP contribution in [0.2, 0.25) is 0 Å². The second-order valence-corrected chi connectivity index (χ2v) is 7.46. The summed E-state index contributed by atoms with van der Waals surface area (Å²) in [6.07, 6.45) is 0. The van der Waals surface area contributed by atoms with Gasteiger partial charge in [0.05, 0.1) is 10.6 Å². The van der Waals surface area contributed by atoms with E-state index in [0.29, 0.717) is 5.56 Å². The molecule has 0 aliphatic heterocycles. The molecule has 0 atom stereocenters. The third kappa shape index (κ3) is 3.67. The van der Waals surface area contributed by atoms with Crippen molar-refractivity contribution >= 4 is 37.3 Å². The molecule has 0 fully saturated rings. The lowest BCUT2D eigenvalue weighted by atomic mass is 10.2. The van der Waals surface area contributed by atoms with Crippen LogP contribution in [0.15, 0.2) is 39.7 Å². The first-order chi connectivity index (χ1) is 10.6. The number of anilines is 1. The highest BCUT2D eigenvalue weighted by Gasteiger charge is 2.25.